The molecule has 0 radical (unpaired) electrons. The second-order valence-electron chi connectivity index (χ2n) is 4.30. The van der Waals surface area contributed by atoms with Crippen molar-refractivity contribution in [3.8, 4) is 0 Å². The zero-order valence-electron chi connectivity index (χ0n) is 8.96. The van der Waals surface area contributed by atoms with Crippen molar-refractivity contribution in [2.45, 2.75) is 24.8 Å². The first-order valence-electron chi connectivity index (χ1n) is 5.20. The number of rotatable bonds is 3. The molecule has 1 atom stereocenters. The maximum atomic E-state index is 2.58. The molecule has 1 fully saturated rings. The second-order valence-corrected chi connectivity index (χ2v) is 6.11. The minimum Gasteiger partial charge on any atom is -0.301 e. The lowest BCUT2D eigenvalue weighted by atomic mass is 10.2. The molecule has 1 aliphatic heterocycles. The molecule has 0 bridgehead atoms. The molecular weight excluding hydrogens is 275 g/mol. The number of halogens is 1. The van der Waals surface area contributed by atoms with Gasteiger partial charge in [-0.15, -0.1) is 0 Å². The van der Waals surface area contributed by atoms with E-state index in [2.05, 4.69) is 53.2 Å². The van der Waals surface area contributed by atoms with Crippen LogP contribution in [0, 0.1) is 5.92 Å². The van der Waals surface area contributed by atoms with Gasteiger partial charge in [-0.25, -0.2) is 0 Å². The van der Waals surface area contributed by atoms with Crippen molar-refractivity contribution in [1.29, 1.82) is 0 Å². The van der Waals surface area contributed by atoms with Gasteiger partial charge in [0, 0.05) is 32.7 Å². The van der Waals surface area contributed by atoms with E-state index in [1.807, 2.05) is 0 Å². The molecule has 0 aromatic carbocycles. The zero-order valence-corrected chi connectivity index (χ0v) is 11.1. The highest BCUT2D eigenvalue weighted by Gasteiger charge is 2.19. The van der Waals surface area contributed by atoms with Crippen LogP contribution < -0.4 is 0 Å². The third kappa shape index (κ3) is 4.13. The van der Waals surface area contributed by atoms with Crippen LogP contribution in [-0.2, 0) is 0 Å². The van der Waals surface area contributed by atoms with E-state index in [4.69, 9.17) is 0 Å². The Kier molecular flexibility index (Phi) is 4.97. The van der Waals surface area contributed by atoms with Crippen molar-refractivity contribution < 1.29 is 0 Å². The smallest absolute Gasteiger partial charge is 0.0590 e. The van der Waals surface area contributed by atoms with Crippen molar-refractivity contribution in [1.82, 2.24) is 9.80 Å². The average molecular weight is 296 g/mol. The second kappa shape index (κ2) is 5.51. The summed E-state index contributed by atoms with van der Waals surface area (Å²) in [5.41, 5.74) is 0. The molecule has 78 valence electrons. The van der Waals surface area contributed by atoms with E-state index >= 15 is 0 Å². The summed E-state index contributed by atoms with van der Waals surface area (Å²) in [6, 6.07) is 0. The molecule has 1 aliphatic rings. The van der Waals surface area contributed by atoms with E-state index in [9.17, 15) is 0 Å². The molecule has 0 spiro atoms. The minimum absolute atomic E-state index is 0.693. The van der Waals surface area contributed by atoms with Gasteiger partial charge in [0.05, 0.1) is 4.05 Å². The van der Waals surface area contributed by atoms with Gasteiger partial charge in [0.25, 0.3) is 0 Å². The quantitative estimate of drug-likeness (QED) is 0.447. The zero-order chi connectivity index (χ0) is 9.84. The molecule has 3 heteroatoms. The van der Waals surface area contributed by atoms with E-state index in [0.717, 1.165) is 5.92 Å². The first kappa shape index (κ1) is 11.7. The predicted molar refractivity (Wildman–Crippen MR) is 66.3 cm³/mol. The number of alkyl halides is 1. The largest absolute Gasteiger partial charge is 0.301 e. The van der Waals surface area contributed by atoms with Gasteiger partial charge in [-0.2, -0.15) is 0 Å². The van der Waals surface area contributed by atoms with Crippen LogP contribution in [-0.4, -0.2) is 46.6 Å². The van der Waals surface area contributed by atoms with Crippen LogP contribution in [0.3, 0.4) is 0 Å². The Bertz CT molecular complexity index is 140. The van der Waals surface area contributed by atoms with Crippen LogP contribution in [0.5, 0.6) is 0 Å². The van der Waals surface area contributed by atoms with Crippen LogP contribution >= 0.6 is 22.6 Å². The summed E-state index contributed by atoms with van der Waals surface area (Å²) in [4.78, 5) is 5.14. The van der Waals surface area contributed by atoms with Gasteiger partial charge in [-0.1, -0.05) is 36.4 Å². The molecule has 1 rings (SSSR count). The molecule has 0 amide bonds. The van der Waals surface area contributed by atoms with Gasteiger partial charge in [-0.05, 0) is 12.8 Å². The van der Waals surface area contributed by atoms with Gasteiger partial charge in [0.1, 0.15) is 0 Å². The Morgan fingerprint density at radius 1 is 1.08 bits per heavy atom. The van der Waals surface area contributed by atoms with Crippen LogP contribution in [0.2, 0.25) is 0 Å². The van der Waals surface area contributed by atoms with Crippen molar-refractivity contribution >= 4 is 22.6 Å². The Labute approximate surface area is 95.8 Å². The summed E-state index contributed by atoms with van der Waals surface area (Å²) < 4.78 is 0.693. The predicted octanol–water partition coefficient (Wildman–Crippen LogP) is 2.04. The summed E-state index contributed by atoms with van der Waals surface area (Å²) in [6.07, 6.45) is 0. The van der Waals surface area contributed by atoms with Gasteiger partial charge in [0.2, 0.25) is 0 Å². The van der Waals surface area contributed by atoms with Crippen molar-refractivity contribution in [2.75, 3.05) is 32.7 Å². The molecular formula is C10H21IN2. The fourth-order valence-electron chi connectivity index (χ4n) is 1.82. The molecule has 0 aromatic rings. The first-order valence-corrected chi connectivity index (χ1v) is 6.44. The molecule has 1 heterocycles. The molecule has 0 aromatic heterocycles. The Morgan fingerprint density at radius 3 is 2.00 bits per heavy atom. The summed E-state index contributed by atoms with van der Waals surface area (Å²) in [7, 11) is 0. The molecule has 1 unspecified atom stereocenters. The first-order chi connectivity index (χ1) is 6.09. The maximum absolute atomic E-state index is 2.58. The normalized spacial score (nSPS) is 23.8. The highest BCUT2D eigenvalue weighted by Crippen LogP contribution is 2.11. The van der Waals surface area contributed by atoms with Crippen molar-refractivity contribution in [3.05, 3.63) is 0 Å². The van der Waals surface area contributed by atoms with Gasteiger partial charge < -0.3 is 4.90 Å². The fraction of sp³-hybridized carbons (Fsp3) is 1.00. The van der Waals surface area contributed by atoms with Gasteiger partial charge in [0.15, 0.2) is 0 Å². The molecule has 0 N–H and O–H groups in total. The van der Waals surface area contributed by atoms with Crippen molar-refractivity contribution in [3.63, 3.8) is 0 Å². The summed E-state index contributed by atoms with van der Waals surface area (Å²) in [5.74, 6) is 0.809. The molecule has 13 heavy (non-hydrogen) atoms. The van der Waals surface area contributed by atoms with E-state index in [1.165, 1.54) is 32.7 Å². The van der Waals surface area contributed by atoms with E-state index < -0.39 is 0 Å². The topological polar surface area (TPSA) is 6.48 Å². The van der Waals surface area contributed by atoms with Gasteiger partial charge in [-0.3, -0.25) is 4.90 Å². The van der Waals surface area contributed by atoms with Crippen LogP contribution in [0.25, 0.3) is 0 Å². The molecule has 1 saturated heterocycles. The maximum Gasteiger partial charge on any atom is 0.0590 e. The van der Waals surface area contributed by atoms with Crippen LogP contribution in [0.4, 0.5) is 0 Å². The standard InChI is InChI=1S/C10H21IN2/c1-9(2)8-12-4-6-13(7-5-12)10(3)11/h9-10H,4-8H2,1-3H3. The number of nitrogens with zero attached hydrogens (tertiary/aromatic N) is 2. The van der Waals surface area contributed by atoms with Gasteiger partial charge >= 0.3 is 0 Å². The highest BCUT2D eigenvalue weighted by molar-refractivity contribution is 14.1. The summed E-state index contributed by atoms with van der Waals surface area (Å²) in [5, 5.41) is 0. The van der Waals surface area contributed by atoms with E-state index in [0.29, 0.717) is 4.05 Å². The van der Waals surface area contributed by atoms with E-state index in [1.54, 1.807) is 0 Å². The fourth-order valence-corrected chi connectivity index (χ4v) is 2.38. The third-order valence-corrected chi connectivity index (χ3v) is 3.32. The lowest BCUT2D eigenvalue weighted by molar-refractivity contribution is 0.122. The molecule has 0 aliphatic carbocycles. The van der Waals surface area contributed by atoms with Crippen LogP contribution in [0.15, 0.2) is 0 Å². The Hall–Kier alpha value is 0.650. The Morgan fingerprint density at radius 2 is 1.62 bits per heavy atom. The SMILES string of the molecule is CC(C)CN1CCN(C(C)I)CC1. The number of hydrogen-bond donors (Lipinski definition) is 0. The summed E-state index contributed by atoms with van der Waals surface area (Å²) >= 11 is 2.50. The lowest BCUT2D eigenvalue weighted by Crippen LogP contribution is -2.48. The third-order valence-electron chi connectivity index (χ3n) is 2.53. The van der Waals surface area contributed by atoms with Crippen LogP contribution in [0.1, 0.15) is 20.8 Å². The monoisotopic (exact) mass is 296 g/mol. The number of piperazine rings is 1. The lowest BCUT2D eigenvalue weighted by Gasteiger charge is -2.36. The molecule has 2 nitrogen and oxygen atoms in total. The van der Waals surface area contributed by atoms with E-state index in [-0.39, 0.29) is 0 Å². The highest BCUT2D eigenvalue weighted by atomic mass is 127. The molecule has 0 saturated carbocycles. The average Bonchev–Trinajstić information content (AvgIpc) is 2.04. The summed E-state index contributed by atoms with van der Waals surface area (Å²) in [6.45, 7) is 13.1. The number of hydrogen-bond acceptors (Lipinski definition) is 2. The minimum atomic E-state index is 0.693. The Balaban J connectivity index is 2.22. The van der Waals surface area contributed by atoms with Crippen molar-refractivity contribution in [2.24, 2.45) is 5.92 Å².